The van der Waals surface area contributed by atoms with E-state index in [1.807, 2.05) is 46.9 Å². The third kappa shape index (κ3) is 5.88. The quantitative estimate of drug-likeness (QED) is 0.220. The number of thiophene rings is 2. The van der Waals surface area contributed by atoms with Gasteiger partial charge in [-0.1, -0.05) is 47.8 Å². The van der Waals surface area contributed by atoms with Gasteiger partial charge in [0.2, 0.25) is 0 Å². The second-order valence-corrected chi connectivity index (χ2v) is 14.2. The highest BCUT2D eigenvalue weighted by Gasteiger charge is 2.23. The van der Waals surface area contributed by atoms with Gasteiger partial charge in [0.25, 0.3) is 0 Å². The van der Waals surface area contributed by atoms with Crippen molar-refractivity contribution in [1.29, 1.82) is 0 Å². The minimum Gasteiger partial charge on any atom is -0.287 e. The van der Waals surface area contributed by atoms with Crippen molar-refractivity contribution in [1.82, 2.24) is 0 Å². The molecular weight excluding hydrogens is 533 g/mol. The largest absolute Gasteiger partial charge is 0.287 e. The maximum atomic E-state index is 11.6. The summed E-state index contributed by atoms with van der Waals surface area (Å²) in [7, 11) is 0. The molecule has 1 aliphatic rings. The van der Waals surface area contributed by atoms with Crippen LogP contribution in [0.5, 0.6) is 0 Å². The average Bonchev–Trinajstić information content (AvgIpc) is 3.57. The van der Waals surface area contributed by atoms with Crippen LogP contribution in [-0.2, 0) is 9.59 Å². The van der Waals surface area contributed by atoms with E-state index >= 15 is 0 Å². The number of carbonyl (C=O) groups excluding carboxylic acids is 2. The fourth-order valence-electron chi connectivity index (χ4n) is 4.92. The van der Waals surface area contributed by atoms with E-state index in [2.05, 4.69) is 50.2 Å². The molecule has 2 nitrogen and oxygen atoms in total. The predicted molar refractivity (Wildman–Crippen MR) is 163 cm³/mol. The number of carbonyl (C=O) groups is 2. The fourth-order valence-corrected chi connectivity index (χ4v) is 8.28. The summed E-state index contributed by atoms with van der Waals surface area (Å²) in [6.07, 6.45) is 3.39. The summed E-state index contributed by atoms with van der Waals surface area (Å²) in [6.45, 7) is 7.67. The van der Waals surface area contributed by atoms with Crippen molar-refractivity contribution in [3.8, 4) is 20.9 Å². The third-order valence-electron chi connectivity index (χ3n) is 6.48. The molecule has 0 spiro atoms. The molecule has 0 atom stereocenters. The first-order valence-corrected chi connectivity index (χ1v) is 15.6. The van der Waals surface area contributed by atoms with Crippen LogP contribution in [0, 0.1) is 13.8 Å². The first-order chi connectivity index (χ1) is 17.8. The second kappa shape index (κ2) is 11.2. The first-order valence-electron chi connectivity index (χ1n) is 12.3. The van der Waals surface area contributed by atoms with Crippen LogP contribution in [0.3, 0.4) is 0 Å². The van der Waals surface area contributed by atoms with Crippen LogP contribution in [0.1, 0.15) is 54.0 Å². The van der Waals surface area contributed by atoms with Crippen LogP contribution in [0.4, 0.5) is 0 Å². The van der Waals surface area contributed by atoms with E-state index in [9.17, 15) is 9.59 Å². The number of hydrogen-bond donors (Lipinski definition) is 0. The maximum Gasteiger partial charge on any atom is 0.190 e. The van der Waals surface area contributed by atoms with Gasteiger partial charge in [0.1, 0.15) is 0 Å². The van der Waals surface area contributed by atoms with Crippen LogP contribution >= 0.6 is 46.2 Å². The van der Waals surface area contributed by atoms with Gasteiger partial charge in [0.15, 0.2) is 10.2 Å². The highest BCUT2D eigenvalue weighted by Crippen LogP contribution is 2.47. The molecule has 6 heteroatoms. The Kier molecular flexibility index (Phi) is 7.91. The topological polar surface area (TPSA) is 34.1 Å². The smallest absolute Gasteiger partial charge is 0.190 e. The van der Waals surface area contributed by atoms with Crippen LogP contribution in [0.15, 0.2) is 70.5 Å². The van der Waals surface area contributed by atoms with Gasteiger partial charge < -0.3 is 0 Å². The lowest BCUT2D eigenvalue weighted by Crippen LogP contribution is -1.86. The number of allylic oxidation sites excluding steroid dienone is 2. The lowest BCUT2D eigenvalue weighted by molar-refractivity contribution is -0.109. The molecule has 0 saturated heterocycles. The molecule has 0 aliphatic heterocycles. The summed E-state index contributed by atoms with van der Waals surface area (Å²) in [5, 5.41) is 0.217. The van der Waals surface area contributed by atoms with Crippen LogP contribution in [0.2, 0.25) is 0 Å². The van der Waals surface area contributed by atoms with Crippen molar-refractivity contribution in [3.63, 3.8) is 0 Å². The van der Waals surface area contributed by atoms with Gasteiger partial charge in [0.05, 0.1) is 0 Å². The van der Waals surface area contributed by atoms with E-state index in [0.29, 0.717) is 0 Å². The predicted octanol–water partition coefficient (Wildman–Crippen LogP) is 10.1. The summed E-state index contributed by atoms with van der Waals surface area (Å²) in [4.78, 5) is 30.2. The summed E-state index contributed by atoms with van der Waals surface area (Å²) in [6, 6.07) is 21.3. The zero-order valence-electron chi connectivity index (χ0n) is 21.3. The zero-order valence-corrected chi connectivity index (χ0v) is 24.6. The number of thioether (sulfide) groups is 2. The normalized spacial score (nSPS) is 13.4. The summed E-state index contributed by atoms with van der Waals surface area (Å²) in [5.74, 6) is 0. The van der Waals surface area contributed by atoms with Gasteiger partial charge in [-0.15, -0.1) is 22.7 Å². The monoisotopic (exact) mass is 560 g/mol. The molecule has 2 heterocycles. The second-order valence-electron chi connectivity index (χ2n) is 9.21. The molecule has 0 amide bonds. The van der Waals surface area contributed by atoms with Gasteiger partial charge in [-0.05, 0) is 103 Å². The van der Waals surface area contributed by atoms with E-state index in [1.54, 1.807) is 13.8 Å². The Morgan fingerprint density at radius 1 is 0.676 bits per heavy atom. The summed E-state index contributed by atoms with van der Waals surface area (Å²) >= 11 is 6.25. The Morgan fingerprint density at radius 2 is 1.22 bits per heavy atom. The standard InChI is InChI=1S/C31H28O2S4/c1-18-28(16-30(34-18)22-11-13-24(14-12-22)36-20(3)32)26-9-6-10-27(26)29-17-31(35-19(29)2)23-7-5-8-25(15-23)37-21(4)33/h5,7-8,11-17H,6,9-10H2,1-4H3. The van der Waals surface area contributed by atoms with Gasteiger partial charge in [0, 0.05) is 43.1 Å². The van der Waals surface area contributed by atoms with Gasteiger partial charge in [-0.25, -0.2) is 0 Å². The van der Waals surface area contributed by atoms with Crippen LogP contribution in [-0.4, -0.2) is 10.2 Å². The molecule has 0 saturated carbocycles. The number of benzene rings is 2. The van der Waals surface area contributed by atoms with Crippen molar-refractivity contribution >= 4 is 67.6 Å². The molecule has 4 aromatic rings. The minimum absolute atomic E-state index is 0.109. The van der Waals surface area contributed by atoms with E-state index in [4.69, 9.17) is 0 Å². The fraction of sp³-hybridized carbons (Fsp3) is 0.226. The SMILES string of the molecule is CC(=O)Sc1ccc(-c2cc(C3=C(c4cc(-c5cccc(SC(C)=O)c5)sc4C)CCC3)c(C)s2)cc1. The maximum absolute atomic E-state index is 11.6. The van der Waals surface area contributed by atoms with E-state index in [0.717, 1.165) is 22.6 Å². The van der Waals surface area contributed by atoms with Crippen LogP contribution < -0.4 is 0 Å². The third-order valence-corrected chi connectivity index (χ3v) is 10.3. The van der Waals surface area contributed by atoms with Gasteiger partial charge >= 0.3 is 0 Å². The summed E-state index contributed by atoms with van der Waals surface area (Å²) in [5.41, 5.74) is 8.08. The molecule has 1 aliphatic carbocycles. The highest BCUT2D eigenvalue weighted by atomic mass is 32.2. The van der Waals surface area contributed by atoms with Gasteiger partial charge in [-0.3, -0.25) is 9.59 Å². The lowest BCUT2D eigenvalue weighted by Gasteiger charge is -2.07. The molecule has 0 bridgehead atoms. The Morgan fingerprint density at radius 3 is 1.78 bits per heavy atom. The molecule has 0 fully saturated rings. The molecule has 2 aromatic heterocycles. The molecule has 37 heavy (non-hydrogen) atoms. The molecule has 0 N–H and O–H groups in total. The molecule has 188 valence electrons. The lowest BCUT2D eigenvalue weighted by atomic mass is 9.96. The number of rotatable bonds is 6. The average molecular weight is 561 g/mol. The summed E-state index contributed by atoms with van der Waals surface area (Å²) < 4.78 is 0. The van der Waals surface area contributed by atoms with Crippen molar-refractivity contribution in [2.24, 2.45) is 0 Å². The van der Waals surface area contributed by atoms with E-state index in [-0.39, 0.29) is 10.2 Å². The number of aryl methyl sites for hydroxylation is 2. The van der Waals surface area contributed by atoms with Crippen molar-refractivity contribution < 1.29 is 9.59 Å². The Hall–Kier alpha value is -2.38. The van der Waals surface area contributed by atoms with Crippen molar-refractivity contribution in [2.75, 3.05) is 0 Å². The minimum atomic E-state index is 0.109. The van der Waals surface area contributed by atoms with E-state index < -0.39 is 0 Å². The zero-order chi connectivity index (χ0) is 26.1. The van der Waals surface area contributed by atoms with Gasteiger partial charge in [-0.2, -0.15) is 0 Å². The van der Waals surface area contributed by atoms with Crippen molar-refractivity contribution in [3.05, 3.63) is 81.5 Å². The molecule has 0 radical (unpaired) electrons. The van der Waals surface area contributed by atoms with Crippen molar-refractivity contribution in [2.45, 2.75) is 56.7 Å². The first kappa shape index (κ1) is 26.2. The Balaban J connectivity index is 1.47. The number of hydrogen-bond acceptors (Lipinski definition) is 6. The highest BCUT2D eigenvalue weighted by molar-refractivity contribution is 8.13. The molecule has 2 aromatic carbocycles. The Bertz CT molecular complexity index is 1520. The van der Waals surface area contributed by atoms with Crippen LogP contribution in [0.25, 0.3) is 32.0 Å². The van der Waals surface area contributed by atoms with E-state index in [1.165, 1.54) is 82.9 Å². The molecule has 5 rings (SSSR count). The molecular formula is C31H28O2S4. The molecule has 0 unspecified atom stereocenters. The Labute approximate surface area is 235 Å².